The molecule has 0 bridgehead atoms. The van der Waals surface area contributed by atoms with E-state index in [1.807, 2.05) is 0 Å². The van der Waals surface area contributed by atoms with E-state index in [0.29, 0.717) is 0 Å². The average Bonchev–Trinajstić information content (AvgIpc) is 1.83. The molecule has 0 saturated carbocycles. The predicted octanol–water partition coefficient (Wildman–Crippen LogP) is -2.39. The van der Waals surface area contributed by atoms with E-state index in [-0.39, 0.29) is 12.5 Å². The summed E-state index contributed by atoms with van der Waals surface area (Å²) in [5.41, 5.74) is 4.98. The number of rotatable bonds is 0. The van der Waals surface area contributed by atoms with Crippen LogP contribution in [0.4, 0.5) is 0 Å². The van der Waals surface area contributed by atoms with Crippen molar-refractivity contribution in [3.63, 3.8) is 0 Å². The minimum absolute atomic E-state index is 0.230. The molecule has 0 fully saturated rings. The second-order valence-corrected chi connectivity index (χ2v) is 1.09. The average molecular weight is 110 g/mol. The molecule has 3 nitrogen and oxygen atoms in total. The second-order valence-electron chi connectivity index (χ2n) is 1.09. The van der Waals surface area contributed by atoms with Gasteiger partial charge in [0, 0.05) is 0 Å². The minimum atomic E-state index is -0.296. The molecule has 1 amide bonds. The molecule has 0 heterocycles. The zero-order valence-corrected chi connectivity index (χ0v) is 4.69. The Morgan fingerprint density at radius 3 is 2.88 bits per heavy atom. The summed E-state index contributed by atoms with van der Waals surface area (Å²) in [6, 6.07) is 0. The summed E-state index contributed by atoms with van der Waals surface area (Å²) in [6.45, 7) is 0.230. The van der Waals surface area contributed by atoms with Crippen LogP contribution < -0.4 is 11.0 Å². The molecular weight excluding hydrogens is 103 g/mol. The summed E-state index contributed by atoms with van der Waals surface area (Å²) in [4.78, 5) is 10.2. The molecule has 0 aromatic heterocycles. The van der Waals surface area contributed by atoms with E-state index in [9.17, 15) is 4.79 Å². The lowest BCUT2D eigenvalue weighted by atomic mass is 10.4. The Labute approximate surface area is 49.1 Å². The van der Waals surface area contributed by atoms with Crippen molar-refractivity contribution in [3.05, 3.63) is 0 Å². The molecule has 3 N–H and O–H groups in total. The van der Waals surface area contributed by atoms with Crippen LogP contribution in [0.2, 0.25) is 0 Å². The zero-order chi connectivity index (χ0) is 6.41. The minimum Gasteiger partial charge on any atom is -0.396 e. The third-order valence-corrected chi connectivity index (χ3v) is 0.531. The van der Waals surface area contributed by atoms with Gasteiger partial charge in [-0.15, -0.1) is 0 Å². The van der Waals surface area contributed by atoms with Crippen LogP contribution in [0.5, 0.6) is 0 Å². The molecule has 0 aromatic carbocycles. The standard InChI is InChI=1S/C4H7BN2O/c5-7-4(8)2-1-3-6/h3,5-6H2,(H,7,8). The summed E-state index contributed by atoms with van der Waals surface area (Å²) < 4.78 is 0. The molecule has 8 heavy (non-hydrogen) atoms. The fourth-order valence-corrected chi connectivity index (χ4v) is 0.194. The number of hydrogen-bond acceptors (Lipinski definition) is 2. The van der Waals surface area contributed by atoms with E-state index >= 15 is 0 Å². The molecule has 0 saturated heterocycles. The van der Waals surface area contributed by atoms with Gasteiger partial charge in [-0.3, -0.25) is 4.79 Å². The van der Waals surface area contributed by atoms with E-state index in [4.69, 9.17) is 5.73 Å². The van der Waals surface area contributed by atoms with Gasteiger partial charge in [0.1, 0.15) is 0 Å². The number of hydrogen-bond donors (Lipinski definition) is 2. The Morgan fingerprint density at radius 1 is 1.88 bits per heavy atom. The largest absolute Gasteiger partial charge is 0.396 e. The van der Waals surface area contributed by atoms with Gasteiger partial charge in [0.05, 0.1) is 6.54 Å². The van der Waals surface area contributed by atoms with Gasteiger partial charge in [-0.1, -0.05) is 5.92 Å². The van der Waals surface area contributed by atoms with Crippen molar-refractivity contribution in [3.8, 4) is 11.8 Å². The molecule has 0 aliphatic heterocycles. The van der Waals surface area contributed by atoms with Crippen molar-refractivity contribution in [2.45, 2.75) is 0 Å². The molecular formula is C4H7BN2O. The fourth-order valence-electron chi connectivity index (χ4n) is 0.194. The third-order valence-electron chi connectivity index (χ3n) is 0.531. The first kappa shape index (κ1) is 7.05. The highest BCUT2D eigenvalue weighted by atomic mass is 16.1. The first-order valence-corrected chi connectivity index (χ1v) is 2.22. The molecule has 0 radical (unpaired) electrons. The van der Waals surface area contributed by atoms with Crippen LogP contribution in [0.1, 0.15) is 0 Å². The smallest absolute Gasteiger partial charge is 0.283 e. The van der Waals surface area contributed by atoms with E-state index in [1.165, 1.54) is 7.98 Å². The number of nitrogens with one attached hydrogen (secondary N) is 1. The van der Waals surface area contributed by atoms with Crippen LogP contribution in [0, 0.1) is 11.8 Å². The van der Waals surface area contributed by atoms with Crippen molar-refractivity contribution < 1.29 is 4.79 Å². The maximum atomic E-state index is 10.2. The van der Waals surface area contributed by atoms with Gasteiger partial charge in [-0.25, -0.2) is 0 Å². The molecule has 42 valence electrons. The predicted molar refractivity (Wildman–Crippen MR) is 33.5 cm³/mol. The molecule has 0 unspecified atom stereocenters. The summed E-state index contributed by atoms with van der Waals surface area (Å²) in [7, 11) is 1.52. The monoisotopic (exact) mass is 110 g/mol. The first-order valence-electron chi connectivity index (χ1n) is 2.22. The maximum absolute atomic E-state index is 10.2. The van der Waals surface area contributed by atoms with Crippen molar-refractivity contribution >= 4 is 13.9 Å². The Kier molecular flexibility index (Phi) is 3.72. The highest BCUT2D eigenvalue weighted by molar-refractivity contribution is 6.18. The van der Waals surface area contributed by atoms with Gasteiger partial charge in [0.2, 0.25) is 7.98 Å². The number of carbonyl (C=O) groups excluding carboxylic acids is 1. The van der Waals surface area contributed by atoms with Gasteiger partial charge >= 0.3 is 0 Å². The molecule has 0 rings (SSSR count). The Hall–Kier alpha value is -0.945. The van der Waals surface area contributed by atoms with Crippen molar-refractivity contribution in [1.82, 2.24) is 5.23 Å². The quantitative estimate of drug-likeness (QED) is 0.270. The summed E-state index contributed by atoms with van der Waals surface area (Å²) in [5.74, 6) is 4.38. The van der Waals surface area contributed by atoms with Crippen LogP contribution >= 0.6 is 0 Å². The van der Waals surface area contributed by atoms with Gasteiger partial charge in [0.15, 0.2) is 0 Å². The molecule has 0 aliphatic carbocycles. The summed E-state index contributed by atoms with van der Waals surface area (Å²) in [5, 5.41) is 2.33. The van der Waals surface area contributed by atoms with Crippen LogP contribution in [0.25, 0.3) is 0 Å². The lowest BCUT2D eigenvalue weighted by molar-refractivity contribution is -0.114. The molecule has 0 aromatic rings. The lowest BCUT2D eigenvalue weighted by Crippen LogP contribution is -2.17. The van der Waals surface area contributed by atoms with Crippen molar-refractivity contribution in [2.24, 2.45) is 5.73 Å². The molecule has 0 spiro atoms. The normalized spacial score (nSPS) is 6.62. The first-order chi connectivity index (χ1) is 3.81. The van der Waals surface area contributed by atoms with Crippen LogP contribution in [-0.2, 0) is 4.79 Å². The van der Waals surface area contributed by atoms with Crippen molar-refractivity contribution in [1.29, 1.82) is 0 Å². The summed E-state index contributed by atoms with van der Waals surface area (Å²) >= 11 is 0. The Morgan fingerprint density at radius 2 is 2.50 bits per heavy atom. The SMILES string of the molecule is BNC(=O)C#CCN. The molecule has 4 heteroatoms. The van der Waals surface area contributed by atoms with Gasteiger partial charge in [-0.2, -0.15) is 0 Å². The molecule has 0 atom stereocenters. The third kappa shape index (κ3) is 3.25. The second kappa shape index (κ2) is 4.22. The maximum Gasteiger partial charge on any atom is 0.283 e. The summed E-state index contributed by atoms with van der Waals surface area (Å²) in [6.07, 6.45) is 0. The van der Waals surface area contributed by atoms with Crippen LogP contribution in [-0.4, -0.2) is 20.4 Å². The highest BCUT2D eigenvalue weighted by Gasteiger charge is 1.82. The van der Waals surface area contributed by atoms with E-state index in [1.54, 1.807) is 0 Å². The van der Waals surface area contributed by atoms with Gasteiger partial charge in [0.25, 0.3) is 5.91 Å². The van der Waals surface area contributed by atoms with Crippen LogP contribution in [0.3, 0.4) is 0 Å². The number of amides is 1. The fraction of sp³-hybridized carbons (Fsp3) is 0.250. The van der Waals surface area contributed by atoms with Crippen molar-refractivity contribution in [2.75, 3.05) is 6.54 Å². The Bertz CT molecular complexity index is 135. The number of nitrogens with two attached hydrogens (primary N) is 1. The zero-order valence-electron chi connectivity index (χ0n) is 4.69. The van der Waals surface area contributed by atoms with Gasteiger partial charge < -0.3 is 11.0 Å². The van der Waals surface area contributed by atoms with Crippen LogP contribution in [0.15, 0.2) is 0 Å². The highest BCUT2D eigenvalue weighted by Crippen LogP contribution is 1.53. The lowest BCUT2D eigenvalue weighted by Gasteiger charge is -1.81. The number of carbonyl (C=O) groups is 1. The van der Waals surface area contributed by atoms with E-state index < -0.39 is 0 Å². The molecule has 0 aliphatic rings. The van der Waals surface area contributed by atoms with E-state index in [2.05, 4.69) is 17.1 Å². The van der Waals surface area contributed by atoms with E-state index in [0.717, 1.165) is 0 Å². The topological polar surface area (TPSA) is 55.1 Å². The van der Waals surface area contributed by atoms with Gasteiger partial charge in [-0.05, 0) is 5.92 Å². The Balaban J connectivity index is 3.52.